The number of carbonyl (C=O) groups is 1. The molecule has 0 spiro atoms. The summed E-state index contributed by atoms with van der Waals surface area (Å²) in [4.78, 5) is 47.5. The van der Waals surface area contributed by atoms with Gasteiger partial charge in [0.2, 0.25) is 0 Å². The number of halogens is 2. The highest BCUT2D eigenvalue weighted by molar-refractivity contribution is 6.02. The Kier molecular flexibility index (Phi) is 8.77. The highest BCUT2D eigenvalue weighted by Crippen LogP contribution is 2.57. The van der Waals surface area contributed by atoms with Gasteiger partial charge in [-0.1, -0.05) is 18.1 Å². The van der Waals surface area contributed by atoms with E-state index in [4.69, 9.17) is 19.1 Å². The number of rotatable bonds is 6. The third-order valence-electron chi connectivity index (χ3n) is 15.0. The third kappa shape index (κ3) is 5.90. The van der Waals surface area contributed by atoms with Crippen LogP contribution in [0.25, 0.3) is 39.0 Å². The average molecular weight is 911 g/mol. The normalized spacial score (nSPS) is 23.0. The quantitative estimate of drug-likeness (QED) is 0.184. The molecule has 1 saturated heterocycles. The number of hydrogen-bond acceptors (Lipinski definition) is 9. The van der Waals surface area contributed by atoms with Crippen molar-refractivity contribution in [1.82, 2.24) is 48.3 Å². The number of ether oxygens (including phenoxy) is 2. The SMILES string of the molecule is Cc1cc(-n2nc3c(c2-n2ccn(-c4ccc5c(cnn5C)c4F)c2=O)[C@H](C)N(C(=O)c2cc4c5c(ccc4n2[C@@]2(c4noc(=O)[nH]4)C[C@@H]2C)C2CC(C)(C)OCC2CO5)CC3)cc(C)c1F. The van der Waals surface area contributed by atoms with E-state index in [9.17, 15) is 9.59 Å². The summed E-state index contributed by atoms with van der Waals surface area (Å²) >= 11 is 0. The summed E-state index contributed by atoms with van der Waals surface area (Å²) in [5.41, 5.74) is 3.55. The van der Waals surface area contributed by atoms with Crippen molar-refractivity contribution in [3.63, 3.8) is 0 Å². The number of nitrogens with one attached hydrogen (secondary N) is 1. The number of aromatic nitrogens is 9. The molecule has 8 heterocycles. The fraction of sp³-hybridized carbons (Fsp3) is 0.388. The summed E-state index contributed by atoms with van der Waals surface area (Å²) in [7, 11) is 1.72. The Morgan fingerprint density at radius 3 is 2.40 bits per heavy atom. The van der Waals surface area contributed by atoms with Gasteiger partial charge in [0.1, 0.15) is 28.6 Å². The second-order valence-electron chi connectivity index (χ2n) is 19.5. The van der Waals surface area contributed by atoms with Crippen molar-refractivity contribution in [2.24, 2.45) is 18.9 Å². The number of aromatic amines is 1. The van der Waals surface area contributed by atoms with Crippen LogP contribution in [0.3, 0.4) is 0 Å². The molecule has 2 fully saturated rings. The predicted octanol–water partition coefficient (Wildman–Crippen LogP) is 7.06. The number of benzene rings is 3. The van der Waals surface area contributed by atoms with E-state index in [0.29, 0.717) is 77.0 Å². The molecule has 0 radical (unpaired) electrons. The standard InChI is InChI=1S/C49H48F2N10O6/c1-24-16-29(17-25(2)40(24)50)61-43(59-15-14-58(47(59)64)37-11-10-35-33(41(37)51)21-52-56(35)7)39-27(4)57(13-12-34(39)54-61)44(62)38-18-31-36(60(38)49(19-26(49)3)45-53-46(63)67-55-45)9-8-30-32-20-48(5,6)66-23-28(32)22-65-42(30)31/h8-11,14-18,21,26-28,32H,12-13,19-20,22-23H2,1-7H3,(H,53,55,63)/t26-,27-,28?,32?,49-/m0/s1. The van der Waals surface area contributed by atoms with E-state index in [1.54, 1.807) is 65.6 Å². The van der Waals surface area contributed by atoms with Crippen molar-refractivity contribution < 1.29 is 27.6 Å². The Balaban J connectivity index is 1.02. The molecule has 8 aromatic rings. The summed E-state index contributed by atoms with van der Waals surface area (Å²) in [6.45, 7) is 12.8. The van der Waals surface area contributed by atoms with Gasteiger partial charge < -0.3 is 18.9 Å². The summed E-state index contributed by atoms with van der Waals surface area (Å²) < 4.78 is 57.0. The average Bonchev–Trinajstić information content (AvgIpc) is 3.93. The molecule has 67 heavy (non-hydrogen) atoms. The smallest absolute Gasteiger partial charge is 0.438 e. The minimum absolute atomic E-state index is 0.0363. The van der Waals surface area contributed by atoms with Crippen molar-refractivity contribution in [3.05, 3.63) is 133 Å². The van der Waals surface area contributed by atoms with Gasteiger partial charge in [-0.05, 0) is 112 Å². The van der Waals surface area contributed by atoms with Crippen molar-refractivity contribution in [2.45, 2.75) is 83.9 Å². The van der Waals surface area contributed by atoms with E-state index in [2.05, 4.69) is 42.1 Å². The van der Waals surface area contributed by atoms with Crippen LogP contribution in [0.4, 0.5) is 8.78 Å². The van der Waals surface area contributed by atoms with Crippen LogP contribution >= 0.6 is 0 Å². The van der Waals surface area contributed by atoms with Crippen molar-refractivity contribution >= 4 is 27.7 Å². The molecule has 3 aliphatic heterocycles. The zero-order chi connectivity index (χ0) is 46.6. The van der Waals surface area contributed by atoms with Crippen LogP contribution in [-0.4, -0.2) is 79.6 Å². The Morgan fingerprint density at radius 1 is 0.925 bits per heavy atom. The lowest BCUT2D eigenvalue weighted by Gasteiger charge is -2.44. The molecule has 2 unspecified atom stereocenters. The van der Waals surface area contributed by atoms with E-state index in [1.165, 1.54) is 21.5 Å². The largest absolute Gasteiger partial charge is 0.492 e. The van der Waals surface area contributed by atoms with Gasteiger partial charge in [-0.3, -0.25) is 28.1 Å². The lowest BCUT2D eigenvalue weighted by atomic mass is 9.75. The van der Waals surface area contributed by atoms with Gasteiger partial charge in [0.05, 0.1) is 64.5 Å². The van der Waals surface area contributed by atoms with Crippen LogP contribution in [0.5, 0.6) is 5.75 Å². The van der Waals surface area contributed by atoms with E-state index in [1.807, 2.05) is 23.6 Å². The number of carbonyl (C=O) groups excluding carboxylic acids is 1. The van der Waals surface area contributed by atoms with Gasteiger partial charge in [-0.2, -0.15) is 10.2 Å². The van der Waals surface area contributed by atoms with Crippen LogP contribution < -0.4 is 16.2 Å². The Hall–Kier alpha value is -7.08. The maximum atomic E-state index is 16.2. The number of hydrogen-bond donors (Lipinski definition) is 1. The van der Waals surface area contributed by atoms with Crippen LogP contribution in [0, 0.1) is 37.3 Å². The van der Waals surface area contributed by atoms with Gasteiger partial charge in [0.25, 0.3) is 5.91 Å². The highest BCUT2D eigenvalue weighted by Gasteiger charge is 2.59. The van der Waals surface area contributed by atoms with Crippen LogP contribution in [0.1, 0.15) is 96.8 Å². The molecule has 12 rings (SSSR count). The van der Waals surface area contributed by atoms with E-state index >= 15 is 13.6 Å². The maximum absolute atomic E-state index is 16.2. The van der Waals surface area contributed by atoms with E-state index in [-0.39, 0.29) is 52.7 Å². The van der Waals surface area contributed by atoms with Crippen molar-refractivity contribution in [2.75, 3.05) is 19.8 Å². The first kappa shape index (κ1) is 41.4. The molecule has 3 aromatic carbocycles. The second-order valence-corrected chi connectivity index (χ2v) is 19.5. The first-order valence-electron chi connectivity index (χ1n) is 22.7. The number of H-pyrrole nitrogens is 1. The molecule has 0 bridgehead atoms. The van der Waals surface area contributed by atoms with Crippen LogP contribution in [-0.2, 0) is 23.7 Å². The summed E-state index contributed by atoms with van der Waals surface area (Å²) in [5, 5.41) is 14.5. The Morgan fingerprint density at radius 2 is 1.67 bits per heavy atom. The first-order chi connectivity index (χ1) is 32.1. The number of amides is 1. The summed E-state index contributed by atoms with van der Waals surface area (Å²) in [6.07, 6.45) is 6.20. The van der Waals surface area contributed by atoms with E-state index in [0.717, 1.165) is 28.6 Å². The molecule has 1 aliphatic carbocycles. The van der Waals surface area contributed by atoms with Gasteiger partial charge in [0.15, 0.2) is 11.6 Å². The molecule has 4 aliphatic rings. The van der Waals surface area contributed by atoms with E-state index < -0.39 is 28.8 Å². The first-order valence-corrected chi connectivity index (χ1v) is 22.7. The number of aryl methyl sites for hydroxylation is 3. The zero-order valence-corrected chi connectivity index (χ0v) is 38.1. The fourth-order valence-electron chi connectivity index (χ4n) is 11.4. The Bertz CT molecular complexity index is 3510. The van der Waals surface area contributed by atoms with Crippen molar-refractivity contribution in [1.29, 1.82) is 0 Å². The lowest BCUT2D eigenvalue weighted by Crippen LogP contribution is -2.42. The van der Waals surface area contributed by atoms with Gasteiger partial charge in [-0.15, -0.1) is 0 Å². The highest BCUT2D eigenvalue weighted by atomic mass is 19.1. The van der Waals surface area contributed by atoms with Crippen LogP contribution in [0.15, 0.2) is 75.2 Å². The Labute approximate surface area is 381 Å². The van der Waals surface area contributed by atoms with Gasteiger partial charge >= 0.3 is 11.4 Å². The number of nitrogens with zero attached hydrogens (tertiary/aromatic N) is 9. The predicted molar refractivity (Wildman–Crippen MR) is 242 cm³/mol. The molecular weight excluding hydrogens is 863 g/mol. The molecular formula is C49H48F2N10O6. The number of imidazole rings is 1. The molecule has 344 valence electrons. The fourth-order valence-corrected chi connectivity index (χ4v) is 11.4. The minimum Gasteiger partial charge on any atom is -0.492 e. The summed E-state index contributed by atoms with van der Waals surface area (Å²) in [6, 6.07) is 12.0. The monoisotopic (exact) mass is 910 g/mol. The van der Waals surface area contributed by atoms with Crippen LogP contribution in [0.2, 0.25) is 0 Å². The lowest BCUT2D eigenvalue weighted by molar-refractivity contribution is -0.0983. The molecule has 1 saturated carbocycles. The molecule has 18 heteroatoms. The summed E-state index contributed by atoms with van der Waals surface area (Å²) in [5.74, 6) is -0.213. The molecule has 16 nitrogen and oxygen atoms in total. The topological polar surface area (TPSA) is 165 Å². The number of fused-ring (bicyclic) bond motifs is 7. The zero-order valence-electron chi connectivity index (χ0n) is 38.1. The third-order valence-corrected chi connectivity index (χ3v) is 15.0. The van der Waals surface area contributed by atoms with Crippen molar-refractivity contribution in [3.8, 4) is 22.9 Å². The molecule has 1 N–H and O–H groups in total. The molecule has 1 amide bonds. The van der Waals surface area contributed by atoms with Gasteiger partial charge in [-0.25, -0.2) is 23.1 Å². The second kappa shape index (κ2) is 14.2. The molecule has 5 atom stereocenters. The van der Waals surface area contributed by atoms with Gasteiger partial charge in [0, 0.05) is 49.3 Å². The molecule has 5 aromatic heterocycles. The minimum atomic E-state index is -0.909. The maximum Gasteiger partial charge on any atom is 0.438 e.